The van der Waals surface area contributed by atoms with E-state index in [1.807, 2.05) is 19.1 Å². The SMILES string of the molecule is COc1cc(Cl)cc2cc(C(=O)C3=C(O)C(=O)N(c4ccc(C)cc4)C3c3ccc(Cl)c(Cl)c3)oc12. The maximum atomic E-state index is 13.8. The molecule has 9 heteroatoms. The predicted molar refractivity (Wildman–Crippen MR) is 140 cm³/mol. The van der Waals surface area contributed by atoms with Crippen LogP contribution in [0.4, 0.5) is 5.69 Å². The predicted octanol–water partition coefficient (Wildman–Crippen LogP) is 7.49. The van der Waals surface area contributed by atoms with E-state index in [9.17, 15) is 14.7 Å². The third-order valence-electron chi connectivity index (χ3n) is 6.01. The molecule has 1 unspecified atom stereocenters. The normalized spacial score (nSPS) is 15.8. The number of hydrogen-bond donors (Lipinski definition) is 1. The largest absolute Gasteiger partial charge is 0.503 e. The quantitative estimate of drug-likeness (QED) is 0.264. The minimum Gasteiger partial charge on any atom is -0.503 e. The number of carbonyl (C=O) groups excluding carboxylic acids is 2. The standard InChI is InChI=1S/C27H18Cl3NO5/c1-13-3-6-17(7-4-13)31-23(14-5-8-18(29)19(30)10-14)22(25(33)27(31)34)24(32)20-11-15-9-16(28)12-21(35-2)26(15)36-20/h3-12,23,33H,1-2H3. The summed E-state index contributed by atoms with van der Waals surface area (Å²) in [4.78, 5) is 28.5. The first-order valence-electron chi connectivity index (χ1n) is 10.8. The van der Waals surface area contributed by atoms with E-state index in [-0.39, 0.29) is 16.4 Å². The molecule has 0 fully saturated rings. The Hall–Kier alpha value is -3.45. The molecule has 3 aromatic carbocycles. The second-order valence-electron chi connectivity index (χ2n) is 8.32. The Labute approximate surface area is 221 Å². The molecule has 1 N–H and O–H groups in total. The molecular formula is C27H18Cl3NO5. The van der Waals surface area contributed by atoms with Gasteiger partial charge in [0, 0.05) is 22.2 Å². The zero-order valence-corrected chi connectivity index (χ0v) is 21.3. The van der Waals surface area contributed by atoms with Crippen LogP contribution < -0.4 is 9.64 Å². The number of carbonyl (C=O) groups is 2. The fourth-order valence-corrected chi connectivity index (χ4v) is 4.81. The van der Waals surface area contributed by atoms with Gasteiger partial charge in [-0.25, -0.2) is 0 Å². The van der Waals surface area contributed by atoms with Crippen LogP contribution in [0.3, 0.4) is 0 Å². The van der Waals surface area contributed by atoms with Crippen molar-refractivity contribution >= 4 is 63.1 Å². The summed E-state index contributed by atoms with van der Waals surface area (Å²) in [5.41, 5.74) is 2.13. The minimum absolute atomic E-state index is 0.0873. The number of aliphatic hydroxyl groups excluding tert-OH is 1. The van der Waals surface area contributed by atoms with Gasteiger partial charge in [-0.15, -0.1) is 0 Å². The molecule has 0 saturated heterocycles. The van der Waals surface area contributed by atoms with Crippen LogP contribution in [0.2, 0.25) is 15.1 Å². The Morgan fingerprint density at radius 2 is 1.72 bits per heavy atom. The molecule has 0 bridgehead atoms. The number of fused-ring (bicyclic) bond motifs is 1. The van der Waals surface area contributed by atoms with Gasteiger partial charge in [0.05, 0.1) is 28.8 Å². The molecular weight excluding hydrogens is 525 g/mol. The highest BCUT2D eigenvalue weighted by Crippen LogP contribution is 2.44. The highest BCUT2D eigenvalue weighted by molar-refractivity contribution is 6.42. The summed E-state index contributed by atoms with van der Waals surface area (Å²) in [5.74, 6) is -1.81. The van der Waals surface area contributed by atoms with E-state index < -0.39 is 23.5 Å². The zero-order chi connectivity index (χ0) is 25.7. The molecule has 1 aliphatic heterocycles. The van der Waals surface area contributed by atoms with E-state index in [4.69, 9.17) is 44.0 Å². The van der Waals surface area contributed by atoms with Gasteiger partial charge in [0.25, 0.3) is 5.91 Å². The van der Waals surface area contributed by atoms with Gasteiger partial charge in [0.1, 0.15) is 0 Å². The molecule has 0 aliphatic carbocycles. The molecule has 0 saturated carbocycles. The van der Waals surface area contributed by atoms with E-state index in [1.165, 1.54) is 18.1 Å². The number of nitrogens with zero attached hydrogens (tertiary/aromatic N) is 1. The fraction of sp³-hybridized carbons (Fsp3) is 0.111. The highest BCUT2D eigenvalue weighted by atomic mass is 35.5. The fourth-order valence-electron chi connectivity index (χ4n) is 4.29. The topological polar surface area (TPSA) is 80.0 Å². The summed E-state index contributed by atoms with van der Waals surface area (Å²) in [6, 6.07) is 15.6. The highest BCUT2D eigenvalue weighted by Gasteiger charge is 2.45. The second kappa shape index (κ2) is 9.21. The first-order valence-corrected chi connectivity index (χ1v) is 11.9. The van der Waals surface area contributed by atoms with Crippen LogP contribution in [-0.2, 0) is 4.79 Å². The number of ketones is 1. The van der Waals surface area contributed by atoms with Crippen molar-refractivity contribution in [2.24, 2.45) is 0 Å². The molecule has 1 aromatic heterocycles. The molecule has 5 rings (SSSR count). The van der Waals surface area contributed by atoms with Crippen molar-refractivity contribution in [2.75, 3.05) is 12.0 Å². The van der Waals surface area contributed by atoms with E-state index in [0.717, 1.165) is 5.56 Å². The van der Waals surface area contributed by atoms with Crippen LogP contribution in [0, 0.1) is 6.92 Å². The van der Waals surface area contributed by atoms with Crippen LogP contribution in [0.5, 0.6) is 5.75 Å². The van der Waals surface area contributed by atoms with Crippen molar-refractivity contribution < 1.29 is 23.8 Å². The number of Topliss-reactive ketones (excluding diaryl/α,β-unsaturated/α-hetero) is 1. The van der Waals surface area contributed by atoms with Crippen molar-refractivity contribution in [1.29, 1.82) is 0 Å². The van der Waals surface area contributed by atoms with E-state index in [2.05, 4.69) is 0 Å². The van der Waals surface area contributed by atoms with Crippen molar-refractivity contribution in [3.05, 3.63) is 104 Å². The maximum absolute atomic E-state index is 13.8. The van der Waals surface area contributed by atoms with Gasteiger partial charge in [0.15, 0.2) is 22.9 Å². The molecule has 0 spiro atoms. The molecule has 2 heterocycles. The number of benzene rings is 3. The van der Waals surface area contributed by atoms with Gasteiger partial charge >= 0.3 is 0 Å². The Kier molecular flexibility index (Phi) is 6.20. The Balaban J connectivity index is 1.68. The molecule has 6 nitrogen and oxygen atoms in total. The molecule has 1 amide bonds. The summed E-state index contributed by atoms with van der Waals surface area (Å²) in [6.07, 6.45) is 0. The lowest BCUT2D eigenvalue weighted by molar-refractivity contribution is -0.117. The smallest absolute Gasteiger partial charge is 0.294 e. The van der Waals surface area contributed by atoms with Gasteiger partial charge in [-0.3, -0.25) is 14.5 Å². The van der Waals surface area contributed by atoms with Crippen molar-refractivity contribution in [2.45, 2.75) is 13.0 Å². The van der Waals surface area contributed by atoms with E-state index in [1.54, 1.807) is 42.5 Å². The van der Waals surface area contributed by atoms with Crippen LogP contribution in [0.15, 0.2) is 76.4 Å². The molecule has 36 heavy (non-hydrogen) atoms. The Bertz CT molecular complexity index is 1570. The number of amides is 1. The number of halogens is 3. The first-order chi connectivity index (χ1) is 17.2. The maximum Gasteiger partial charge on any atom is 0.294 e. The van der Waals surface area contributed by atoms with Crippen LogP contribution in [0.1, 0.15) is 27.7 Å². The number of aryl methyl sites for hydroxylation is 1. The van der Waals surface area contributed by atoms with E-state index >= 15 is 0 Å². The molecule has 0 radical (unpaired) electrons. The number of rotatable bonds is 5. The Morgan fingerprint density at radius 3 is 2.39 bits per heavy atom. The average Bonchev–Trinajstić information content (AvgIpc) is 3.39. The summed E-state index contributed by atoms with van der Waals surface area (Å²) in [5, 5.41) is 12.5. The third kappa shape index (κ3) is 4.01. The minimum atomic E-state index is -0.985. The number of aliphatic hydroxyl groups is 1. The van der Waals surface area contributed by atoms with Crippen molar-refractivity contribution in [3.63, 3.8) is 0 Å². The number of furan rings is 1. The van der Waals surface area contributed by atoms with Crippen molar-refractivity contribution in [3.8, 4) is 5.75 Å². The summed E-state index contributed by atoms with van der Waals surface area (Å²) < 4.78 is 11.2. The molecule has 4 aromatic rings. The van der Waals surface area contributed by atoms with Crippen LogP contribution in [-0.4, -0.2) is 23.9 Å². The Morgan fingerprint density at radius 1 is 1.00 bits per heavy atom. The van der Waals surface area contributed by atoms with Gasteiger partial charge in [-0.05, 0) is 48.9 Å². The lowest BCUT2D eigenvalue weighted by Gasteiger charge is -2.27. The summed E-state index contributed by atoms with van der Waals surface area (Å²) >= 11 is 18.6. The van der Waals surface area contributed by atoms with Gasteiger partial charge < -0.3 is 14.3 Å². The van der Waals surface area contributed by atoms with E-state index in [0.29, 0.717) is 38.0 Å². The van der Waals surface area contributed by atoms with Gasteiger partial charge in [-0.2, -0.15) is 0 Å². The molecule has 1 atom stereocenters. The number of anilines is 1. The summed E-state index contributed by atoms with van der Waals surface area (Å²) in [7, 11) is 1.46. The van der Waals surface area contributed by atoms with Gasteiger partial charge in [-0.1, -0.05) is 58.6 Å². The number of hydrogen-bond acceptors (Lipinski definition) is 5. The number of methoxy groups -OCH3 is 1. The molecule has 182 valence electrons. The zero-order valence-electron chi connectivity index (χ0n) is 19.0. The monoisotopic (exact) mass is 541 g/mol. The first kappa shape index (κ1) is 24.3. The van der Waals surface area contributed by atoms with Crippen LogP contribution in [0.25, 0.3) is 11.0 Å². The van der Waals surface area contributed by atoms with Crippen LogP contribution >= 0.6 is 34.8 Å². The third-order valence-corrected chi connectivity index (χ3v) is 6.97. The summed E-state index contributed by atoms with van der Waals surface area (Å²) in [6.45, 7) is 1.92. The average molecular weight is 543 g/mol. The lowest BCUT2D eigenvalue weighted by Crippen LogP contribution is -2.31. The van der Waals surface area contributed by atoms with Crippen molar-refractivity contribution in [1.82, 2.24) is 0 Å². The second-order valence-corrected chi connectivity index (χ2v) is 9.57. The van der Waals surface area contributed by atoms with Gasteiger partial charge in [0.2, 0.25) is 5.78 Å². The number of ether oxygens (including phenoxy) is 1. The molecule has 1 aliphatic rings. The lowest BCUT2D eigenvalue weighted by atomic mass is 9.94.